The van der Waals surface area contributed by atoms with Gasteiger partial charge in [-0.05, 0) is 18.2 Å². The zero-order valence-corrected chi connectivity index (χ0v) is 10.4. The van der Waals surface area contributed by atoms with E-state index in [1.165, 1.54) is 6.07 Å². The summed E-state index contributed by atoms with van der Waals surface area (Å²) in [6.07, 6.45) is -9.04. The number of hydrogen-bond acceptors (Lipinski definition) is 3. The normalized spacial score (nSPS) is 12.2. The molecule has 0 unspecified atom stereocenters. The number of alkyl halides is 6. The van der Waals surface area contributed by atoms with E-state index in [9.17, 15) is 31.4 Å². The first kappa shape index (κ1) is 15.7. The predicted octanol–water partition coefficient (Wildman–Crippen LogP) is 3.49. The molecule has 1 N–H and O–H groups in total. The number of aromatic nitrogens is 2. The molecule has 0 saturated heterocycles. The molecular weight excluding hydrogens is 316 g/mol. The van der Waals surface area contributed by atoms with Crippen LogP contribution < -0.4 is 0 Å². The molecule has 0 saturated carbocycles. The van der Waals surface area contributed by atoms with Crippen LogP contribution in [0.15, 0.2) is 24.4 Å². The number of nitrogens with zero attached hydrogens (tertiary/aromatic N) is 3. The monoisotopic (exact) mass is 321 g/mol. The summed E-state index contributed by atoms with van der Waals surface area (Å²) in [6.45, 7) is 0. The van der Waals surface area contributed by atoms with Crippen LogP contribution >= 0.6 is 0 Å². The van der Waals surface area contributed by atoms with Gasteiger partial charge in [-0.1, -0.05) is 0 Å². The van der Waals surface area contributed by atoms with Crippen molar-refractivity contribution in [1.29, 1.82) is 5.26 Å². The van der Waals surface area contributed by atoms with Crippen molar-refractivity contribution in [3.63, 3.8) is 0 Å². The number of nitriles is 1. The van der Waals surface area contributed by atoms with Crippen LogP contribution in [0.3, 0.4) is 0 Å². The fraction of sp³-hybridized carbons (Fsp3) is 0.167. The van der Waals surface area contributed by atoms with Crippen molar-refractivity contribution in [2.45, 2.75) is 12.4 Å². The third-order valence-electron chi connectivity index (χ3n) is 2.65. The predicted molar refractivity (Wildman–Crippen MR) is 59.9 cm³/mol. The lowest BCUT2D eigenvalue weighted by atomic mass is 10.1. The summed E-state index contributed by atoms with van der Waals surface area (Å²) in [7, 11) is 0. The van der Waals surface area contributed by atoms with Crippen molar-refractivity contribution in [2.24, 2.45) is 0 Å². The molecule has 116 valence electrons. The highest BCUT2D eigenvalue weighted by molar-refractivity contribution is 5.56. The molecule has 1 aromatic carbocycles. The van der Waals surface area contributed by atoms with Crippen LogP contribution in [0.25, 0.3) is 5.69 Å². The molecule has 2 aromatic rings. The van der Waals surface area contributed by atoms with Crippen LogP contribution in [-0.2, 0) is 12.4 Å². The average molecular weight is 321 g/mol. The number of aromatic hydroxyl groups is 1. The molecule has 1 heterocycles. The molecule has 1 aromatic heterocycles. The Morgan fingerprint density at radius 3 is 2.18 bits per heavy atom. The van der Waals surface area contributed by atoms with Crippen LogP contribution in [0, 0.1) is 11.3 Å². The highest BCUT2D eigenvalue weighted by Gasteiger charge is 2.37. The Labute approximate surface area is 118 Å². The van der Waals surface area contributed by atoms with E-state index in [-0.39, 0.29) is 0 Å². The van der Waals surface area contributed by atoms with Gasteiger partial charge in [0, 0.05) is 6.20 Å². The molecule has 0 atom stereocenters. The van der Waals surface area contributed by atoms with Gasteiger partial charge in [-0.15, -0.1) is 0 Å². The Morgan fingerprint density at radius 1 is 1.09 bits per heavy atom. The molecule has 0 spiro atoms. The van der Waals surface area contributed by atoms with Crippen LogP contribution in [0.4, 0.5) is 26.3 Å². The van der Waals surface area contributed by atoms with E-state index in [0.717, 1.165) is 12.3 Å². The minimum absolute atomic E-state index is 0.396. The second-order valence-electron chi connectivity index (χ2n) is 4.14. The number of rotatable bonds is 1. The summed E-state index contributed by atoms with van der Waals surface area (Å²) in [5.41, 5.74) is -4.04. The average Bonchev–Trinajstić information content (AvgIpc) is 2.87. The zero-order valence-electron chi connectivity index (χ0n) is 10.4. The van der Waals surface area contributed by atoms with Gasteiger partial charge in [-0.25, -0.2) is 4.68 Å². The Balaban J connectivity index is 2.66. The topological polar surface area (TPSA) is 61.8 Å². The van der Waals surface area contributed by atoms with E-state index in [2.05, 4.69) is 5.10 Å². The van der Waals surface area contributed by atoms with Crippen molar-refractivity contribution in [3.05, 3.63) is 41.2 Å². The Kier molecular flexibility index (Phi) is 3.52. The van der Waals surface area contributed by atoms with Crippen molar-refractivity contribution >= 4 is 0 Å². The lowest BCUT2D eigenvalue weighted by Gasteiger charge is -2.13. The van der Waals surface area contributed by atoms with Crippen molar-refractivity contribution in [1.82, 2.24) is 9.78 Å². The molecular formula is C12H5F6N3O. The molecule has 2 rings (SSSR count). The quantitative estimate of drug-likeness (QED) is 0.818. The van der Waals surface area contributed by atoms with Crippen molar-refractivity contribution in [3.8, 4) is 17.5 Å². The molecule has 0 bridgehead atoms. The smallest absolute Gasteiger partial charge is 0.435 e. The number of halogens is 6. The number of phenols is 1. The molecule has 0 fully saturated rings. The summed E-state index contributed by atoms with van der Waals surface area (Å²) in [5, 5.41) is 21.4. The van der Waals surface area contributed by atoms with Crippen molar-refractivity contribution < 1.29 is 31.4 Å². The number of phenolic OH excluding ortho intramolecular Hbond substituents is 1. The Morgan fingerprint density at radius 2 is 1.73 bits per heavy atom. The molecule has 0 aliphatic carbocycles. The van der Waals surface area contributed by atoms with Gasteiger partial charge in [-0.2, -0.15) is 36.7 Å². The largest absolute Gasteiger partial charge is 0.505 e. The maximum absolute atomic E-state index is 12.8. The van der Waals surface area contributed by atoms with Gasteiger partial charge in [0.15, 0.2) is 11.4 Å². The van der Waals surface area contributed by atoms with Gasteiger partial charge in [0.25, 0.3) is 0 Å². The van der Waals surface area contributed by atoms with E-state index >= 15 is 0 Å². The van der Waals surface area contributed by atoms with E-state index in [4.69, 9.17) is 5.26 Å². The molecule has 0 aliphatic rings. The van der Waals surface area contributed by atoms with E-state index in [1.54, 1.807) is 0 Å². The molecule has 4 nitrogen and oxygen atoms in total. The van der Waals surface area contributed by atoms with Gasteiger partial charge in [0.05, 0.1) is 11.6 Å². The minimum atomic E-state index is -4.98. The summed E-state index contributed by atoms with van der Waals surface area (Å²) < 4.78 is 76.1. The molecule has 22 heavy (non-hydrogen) atoms. The minimum Gasteiger partial charge on any atom is -0.505 e. The second-order valence-corrected chi connectivity index (χ2v) is 4.14. The molecule has 0 aliphatic heterocycles. The molecule has 0 amide bonds. The van der Waals surface area contributed by atoms with Crippen LogP contribution in [0.2, 0.25) is 0 Å². The van der Waals surface area contributed by atoms with Crippen LogP contribution in [0.1, 0.15) is 16.8 Å². The highest BCUT2D eigenvalue weighted by Crippen LogP contribution is 2.40. The van der Waals surface area contributed by atoms with E-state index in [0.29, 0.717) is 16.8 Å². The fourth-order valence-corrected chi connectivity index (χ4v) is 1.68. The third-order valence-corrected chi connectivity index (χ3v) is 2.65. The lowest BCUT2D eigenvalue weighted by molar-refractivity contribution is -0.141. The number of benzene rings is 1. The molecule has 0 radical (unpaired) electrons. The maximum atomic E-state index is 12.8. The van der Waals surface area contributed by atoms with E-state index in [1.807, 2.05) is 0 Å². The van der Waals surface area contributed by atoms with E-state index < -0.39 is 40.6 Å². The van der Waals surface area contributed by atoms with Gasteiger partial charge in [-0.3, -0.25) is 0 Å². The van der Waals surface area contributed by atoms with Gasteiger partial charge < -0.3 is 5.11 Å². The SMILES string of the molecule is N#Cc1cc(-n2ccc(C(F)(F)F)n2)c(O)c(C(F)(F)F)c1. The van der Waals surface area contributed by atoms with Crippen LogP contribution in [-0.4, -0.2) is 14.9 Å². The first-order valence-electron chi connectivity index (χ1n) is 5.51. The fourth-order valence-electron chi connectivity index (χ4n) is 1.68. The summed E-state index contributed by atoms with van der Waals surface area (Å²) >= 11 is 0. The van der Waals surface area contributed by atoms with Gasteiger partial charge in [0.2, 0.25) is 0 Å². The summed E-state index contributed by atoms with van der Waals surface area (Å²) in [6, 6.07) is 3.17. The molecule has 10 heteroatoms. The van der Waals surface area contributed by atoms with Gasteiger partial charge >= 0.3 is 12.4 Å². The Hall–Kier alpha value is -2.70. The summed E-state index contributed by atoms with van der Waals surface area (Å²) in [4.78, 5) is 0. The third kappa shape index (κ3) is 2.83. The Bertz CT molecular complexity index is 754. The standard InChI is InChI=1S/C12H5F6N3O/c13-11(14,15)7-3-6(5-19)4-8(10(7)22)21-2-1-9(20-21)12(16,17)18/h1-4,22H. The highest BCUT2D eigenvalue weighted by atomic mass is 19.4. The van der Waals surface area contributed by atoms with Crippen LogP contribution in [0.5, 0.6) is 5.75 Å². The second kappa shape index (κ2) is 4.94. The maximum Gasteiger partial charge on any atom is 0.435 e. The number of hydrogen-bond donors (Lipinski definition) is 1. The van der Waals surface area contributed by atoms with Gasteiger partial charge in [0.1, 0.15) is 11.3 Å². The van der Waals surface area contributed by atoms with Crippen molar-refractivity contribution in [2.75, 3.05) is 0 Å². The summed E-state index contributed by atoms with van der Waals surface area (Å²) in [5.74, 6) is -1.32. The lowest BCUT2D eigenvalue weighted by Crippen LogP contribution is -2.10. The first-order chi connectivity index (χ1) is 10.0. The first-order valence-corrected chi connectivity index (χ1v) is 5.51. The zero-order chi connectivity index (χ0) is 16.7.